The molecule has 0 radical (unpaired) electrons. The minimum Gasteiger partial charge on any atom is -0.861 e. The van der Waals surface area contributed by atoms with E-state index in [-0.39, 0.29) is 42.1 Å². The van der Waals surface area contributed by atoms with E-state index >= 15 is 9.59 Å². The number of nitrogens with zero attached hydrogens (tertiary/aromatic N) is 3. The minimum atomic E-state index is -2.34. The van der Waals surface area contributed by atoms with Gasteiger partial charge in [0.15, 0.2) is 18.4 Å². The fraction of sp³-hybridized carbons (Fsp3) is 0.644. The van der Waals surface area contributed by atoms with Crippen LogP contribution < -0.4 is 58.5 Å². The molecule has 0 spiro atoms. The highest BCUT2D eigenvalue weighted by atomic mass is 16.7. The van der Waals surface area contributed by atoms with Crippen LogP contribution >= 0.6 is 0 Å². The minimum absolute atomic E-state index is 0.0900. The molecule has 0 bridgehead atoms. The molecule has 3 fully saturated rings. The Labute approximate surface area is 553 Å². The highest BCUT2D eigenvalue weighted by Gasteiger charge is 2.55. The van der Waals surface area contributed by atoms with Crippen LogP contribution in [0.2, 0.25) is 0 Å². The van der Waals surface area contributed by atoms with Crippen molar-refractivity contribution in [1.82, 2.24) is 37.2 Å². The summed E-state index contributed by atoms with van der Waals surface area (Å²) in [5.41, 5.74) is 12.8. The van der Waals surface area contributed by atoms with Crippen molar-refractivity contribution >= 4 is 53.3 Å². The first kappa shape index (κ1) is 75.2. The molecule has 0 aromatic heterocycles. The summed E-state index contributed by atoms with van der Waals surface area (Å²) >= 11 is 0. The standard InChI is InChI=1S/C59H86N12O26/c1-22(2)13-35(77)96-49-44(83)42(81)32(20-74)94-57(49)97-48-33(21-75)95-56(47(86)45(48)84)92-26-11-9-24(10-12-26)14-27-51(88)69-37(39(78)28-15-63-58(60)67-28)54(91)70-38(40(79)30-16-64-59(61)71(30)55-46(85)43(82)41(80)31(19-73)93-55)53(90)66-29(18-72)50(87)62-17-34(76)68-36(52(89)65-27)23(3)25-7-5-4-6-8-25/h4-12,22-23,27-33,36-49,55-57,72-75,78-86H,13-21H2,1-3H3,(H11,60,61,62,63,64,65,66,67,68,69,70,76,87,88,89,90,91)/t23-,27+,28-,29-,30-,31+,32+,33+,36-,37-,38+,39+,40+,41+,42+,43-,44-,45+,46-,47-,48+,49-,55-,56-,57+/m0/s1. The summed E-state index contributed by atoms with van der Waals surface area (Å²) in [5, 5.41) is 173. The van der Waals surface area contributed by atoms with Crippen LogP contribution in [0.25, 0.3) is 0 Å². The maximum Gasteiger partial charge on any atom is 0.346 e. The Bertz CT molecular complexity index is 3140. The SMILES string of the molecule is CC(C)CC(=O)O[C@@H]1[C@@H](O[C@H]2[C@H](O)[C@H](O)[C@@H](Oc3ccc(C[C@H]4NC(=O)[C@H]([C@@H](C)c5ccccc5)N=C([O-])CNC(=O)[C@H](CO)NC(=O)[C@@H]([C@H](O)[C@@H]5CNC(N)=[N+]5[C@H]5O[C@H](CO)[C@@H](O)[C@H](O)[C@@H]5O)NC(=O)[C@H]([C@H](O)[C@@H]5CN=C(N)N5)NC4=O)cc3)O[C@@H]2CO)O[C@H](CO)[C@@H](O)[C@@H]1O. The van der Waals surface area contributed by atoms with E-state index in [0.29, 0.717) is 5.56 Å². The van der Waals surface area contributed by atoms with E-state index in [4.69, 9.17) is 39.9 Å². The fourth-order valence-electron chi connectivity index (χ4n) is 11.9. The van der Waals surface area contributed by atoms with E-state index < -0.39 is 240 Å². The fourth-order valence-corrected chi connectivity index (χ4v) is 11.9. The highest BCUT2D eigenvalue weighted by Crippen LogP contribution is 2.33. The number of esters is 1. The summed E-state index contributed by atoms with van der Waals surface area (Å²) in [6.07, 6.45) is -31.9. The van der Waals surface area contributed by atoms with Gasteiger partial charge in [0.2, 0.25) is 42.1 Å². The number of benzene rings is 2. The molecule has 3 saturated heterocycles. The van der Waals surface area contributed by atoms with Gasteiger partial charge in [0, 0.05) is 25.3 Å². The van der Waals surface area contributed by atoms with Crippen LogP contribution in [0.5, 0.6) is 5.75 Å². The summed E-state index contributed by atoms with van der Waals surface area (Å²) in [6, 6.07) is 0.565. The predicted octanol–water partition coefficient (Wildman–Crippen LogP) is -13.1. The number of carbonyl (C=O) groups excluding carboxylic acids is 6. The van der Waals surface area contributed by atoms with Gasteiger partial charge >= 0.3 is 11.9 Å². The Hall–Kier alpha value is -7.61. The predicted molar refractivity (Wildman–Crippen MR) is 325 cm³/mol. The first-order valence-corrected chi connectivity index (χ1v) is 31.2. The van der Waals surface area contributed by atoms with Gasteiger partial charge in [0.25, 0.3) is 0 Å². The quantitative estimate of drug-likeness (QED) is 0.0432. The Morgan fingerprint density at radius 1 is 0.649 bits per heavy atom. The number of guanidine groups is 2. The van der Waals surface area contributed by atoms with E-state index in [1.807, 2.05) is 0 Å². The van der Waals surface area contributed by atoms with Crippen molar-refractivity contribution in [1.29, 1.82) is 0 Å². The van der Waals surface area contributed by atoms with E-state index in [9.17, 15) is 90.7 Å². The Balaban J connectivity index is 1.11. The van der Waals surface area contributed by atoms with Crippen LogP contribution in [-0.4, -0.2) is 317 Å². The second-order valence-corrected chi connectivity index (χ2v) is 24.6. The number of aliphatic hydroxyl groups is 13. The van der Waals surface area contributed by atoms with E-state index in [0.717, 1.165) is 4.58 Å². The van der Waals surface area contributed by atoms with Crippen molar-refractivity contribution in [2.45, 2.75) is 186 Å². The zero-order chi connectivity index (χ0) is 70.9. The molecule has 5 amide bonds. The van der Waals surface area contributed by atoms with Gasteiger partial charge in [0.05, 0.1) is 39.0 Å². The zero-order valence-electron chi connectivity index (χ0n) is 52.7. The molecule has 2 aromatic rings. The lowest BCUT2D eigenvalue weighted by atomic mass is 9.92. The lowest BCUT2D eigenvalue weighted by molar-refractivity contribution is -0.663. The molecule has 97 heavy (non-hydrogen) atoms. The molecule has 6 aliphatic rings. The van der Waals surface area contributed by atoms with Crippen molar-refractivity contribution in [2.75, 3.05) is 46.1 Å². The molecule has 38 nitrogen and oxygen atoms in total. The largest absolute Gasteiger partial charge is 0.861 e. The smallest absolute Gasteiger partial charge is 0.346 e. The molecule has 24 N–H and O–H groups in total. The lowest BCUT2D eigenvalue weighted by Gasteiger charge is -2.46. The Morgan fingerprint density at radius 2 is 1.25 bits per heavy atom. The van der Waals surface area contributed by atoms with Crippen molar-refractivity contribution in [3.05, 3.63) is 65.7 Å². The lowest BCUT2D eigenvalue weighted by Crippen LogP contribution is -2.68. The number of hydrogen-bond acceptors (Lipinski definition) is 32. The summed E-state index contributed by atoms with van der Waals surface area (Å²) in [5.74, 6) is -10.2. The molecule has 0 saturated carbocycles. The monoisotopic (exact) mass is 1380 g/mol. The van der Waals surface area contributed by atoms with Crippen LogP contribution in [0.1, 0.15) is 44.2 Å². The van der Waals surface area contributed by atoms with Crippen LogP contribution in [0.4, 0.5) is 0 Å². The van der Waals surface area contributed by atoms with Gasteiger partial charge in [-0.25, -0.2) is 4.58 Å². The number of aliphatic hydroxyl groups excluding tert-OH is 13. The molecular weight excluding hydrogens is 1290 g/mol. The topological polar surface area (TPSA) is 608 Å². The number of nitrogens with one attached hydrogen (secondary N) is 7. The molecular formula is C59H86N12O26. The third kappa shape index (κ3) is 17.6. The van der Waals surface area contributed by atoms with Gasteiger partial charge in [-0.2, -0.15) is 0 Å². The van der Waals surface area contributed by atoms with E-state index in [1.165, 1.54) is 31.2 Å². The molecule has 25 atom stereocenters. The van der Waals surface area contributed by atoms with Gasteiger partial charge in [-0.15, -0.1) is 0 Å². The van der Waals surface area contributed by atoms with E-state index in [2.05, 4.69) is 47.2 Å². The van der Waals surface area contributed by atoms with Crippen LogP contribution in [0.15, 0.2) is 64.6 Å². The van der Waals surface area contributed by atoms with Crippen molar-refractivity contribution in [3.8, 4) is 5.75 Å². The van der Waals surface area contributed by atoms with Crippen molar-refractivity contribution < 1.29 is 133 Å². The van der Waals surface area contributed by atoms with Gasteiger partial charge < -0.3 is 138 Å². The summed E-state index contributed by atoms with van der Waals surface area (Å²) < 4.78 is 35.4. The number of carbonyl (C=O) groups is 6. The second-order valence-electron chi connectivity index (χ2n) is 24.6. The van der Waals surface area contributed by atoms with Crippen molar-refractivity contribution in [3.63, 3.8) is 0 Å². The molecule has 38 heteroatoms. The van der Waals surface area contributed by atoms with Gasteiger partial charge in [-0.05, 0) is 35.1 Å². The molecule has 2 aromatic carbocycles. The third-order valence-corrected chi connectivity index (χ3v) is 17.3. The van der Waals surface area contributed by atoms with Crippen LogP contribution in [0, 0.1) is 5.92 Å². The number of aliphatic imine (C=N–C) groups is 2. The van der Waals surface area contributed by atoms with Crippen molar-refractivity contribution in [2.24, 2.45) is 27.4 Å². The van der Waals surface area contributed by atoms with E-state index in [1.54, 1.807) is 44.2 Å². The Kier molecular flexibility index (Phi) is 25.8. The first-order valence-electron chi connectivity index (χ1n) is 31.2. The molecule has 8 rings (SSSR count). The summed E-state index contributed by atoms with van der Waals surface area (Å²) in [4.78, 5) is 94.4. The maximum absolute atomic E-state index is 15.2. The number of ether oxygens (including phenoxy) is 6. The molecule has 0 unspecified atom stereocenters. The number of rotatable bonds is 20. The average molecular weight is 1380 g/mol. The van der Waals surface area contributed by atoms with Crippen LogP contribution in [0.3, 0.4) is 0 Å². The highest BCUT2D eigenvalue weighted by molar-refractivity contribution is 5.98. The maximum atomic E-state index is 15.2. The van der Waals surface area contributed by atoms with Crippen LogP contribution in [-0.2, 0) is 58.9 Å². The van der Waals surface area contributed by atoms with Gasteiger partial charge in [0.1, 0.15) is 128 Å². The summed E-state index contributed by atoms with van der Waals surface area (Å²) in [7, 11) is 0. The van der Waals surface area contributed by atoms with Gasteiger partial charge in [-0.1, -0.05) is 63.2 Å². The Morgan fingerprint density at radius 3 is 1.88 bits per heavy atom. The summed E-state index contributed by atoms with van der Waals surface area (Å²) in [6.45, 7) is -0.582. The third-order valence-electron chi connectivity index (χ3n) is 17.3. The van der Waals surface area contributed by atoms with Gasteiger partial charge in [-0.3, -0.25) is 49.8 Å². The zero-order valence-corrected chi connectivity index (χ0v) is 52.7. The molecule has 6 heterocycles. The normalized spacial score (nSPS) is 35.9. The number of nitrogens with two attached hydrogens (primary N) is 2. The first-order chi connectivity index (χ1) is 46.1. The average Bonchev–Trinajstić information content (AvgIpc) is 1.73. The second kappa shape index (κ2) is 33.3. The number of hydrogen-bond donors (Lipinski definition) is 22. The number of amides is 5. The molecule has 538 valence electrons. The molecule has 0 aliphatic carbocycles. The molecule has 6 aliphatic heterocycles.